The Morgan fingerprint density at radius 2 is 1.27 bits per heavy atom. The van der Waals surface area contributed by atoms with E-state index in [-0.39, 0.29) is 81.0 Å². The number of nitrogens with two attached hydrogens (primary N) is 1. The molecular formula is C28H39ClN4O12. The molecule has 0 aromatic heterocycles. The van der Waals surface area contributed by atoms with Crippen LogP contribution in [0.5, 0.6) is 0 Å². The summed E-state index contributed by atoms with van der Waals surface area (Å²) in [5, 5.41) is 1.72. The van der Waals surface area contributed by atoms with Gasteiger partial charge in [0.2, 0.25) is 23.0 Å². The van der Waals surface area contributed by atoms with Crippen LogP contribution in [-0.4, -0.2) is 110 Å². The van der Waals surface area contributed by atoms with E-state index >= 15 is 0 Å². The van der Waals surface area contributed by atoms with Gasteiger partial charge in [0.05, 0.1) is 63.5 Å². The molecule has 16 nitrogen and oxygen atoms in total. The molecule has 0 unspecified atom stereocenters. The molecule has 17 heteroatoms. The van der Waals surface area contributed by atoms with Crippen LogP contribution in [0.25, 0.3) is 0 Å². The van der Waals surface area contributed by atoms with Crippen molar-refractivity contribution in [3.63, 3.8) is 0 Å². The minimum atomic E-state index is -0.775. The molecule has 0 spiro atoms. The van der Waals surface area contributed by atoms with Crippen LogP contribution < -0.4 is 11.1 Å². The highest BCUT2D eigenvalue weighted by molar-refractivity contribution is 6.64. The molecule has 3 N–H and O–H groups in total. The van der Waals surface area contributed by atoms with Gasteiger partial charge in [-0.25, -0.2) is 9.59 Å². The first-order valence-corrected chi connectivity index (χ1v) is 14.4. The maximum Gasteiger partial charge on any atom is 0.336 e. The zero-order valence-corrected chi connectivity index (χ0v) is 26.5. The lowest BCUT2D eigenvalue weighted by molar-refractivity contribution is -0.147. The fourth-order valence-electron chi connectivity index (χ4n) is 3.75. The van der Waals surface area contributed by atoms with Crippen LogP contribution in [0.3, 0.4) is 0 Å². The normalized spacial score (nSPS) is 14.7. The number of likely N-dealkylation sites (N-methyl/N-ethyl adjacent to an activating group) is 2. The monoisotopic (exact) mass is 658 g/mol. The number of esters is 4. The average Bonchev–Trinajstić information content (AvgIpc) is 2.94. The van der Waals surface area contributed by atoms with E-state index in [1.165, 1.54) is 9.80 Å². The summed E-state index contributed by atoms with van der Waals surface area (Å²) in [6.07, 6.45) is -0.201. The van der Waals surface area contributed by atoms with E-state index in [2.05, 4.69) is 10.1 Å². The van der Waals surface area contributed by atoms with Crippen LogP contribution in [0.1, 0.15) is 52.4 Å². The number of carbonyl (C=O) groups is 8. The topological polar surface area (TPSA) is 218 Å². The van der Waals surface area contributed by atoms with Gasteiger partial charge in [0.1, 0.15) is 12.8 Å². The minimum absolute atomic E-state index is 0.0643. The number of nitrogens with zero attached hydrogens (tertiary/aromatic N) is 2. The van der Waals surface area contributed by atoms with Gasteiger partial charge in [-0.15, -0.1) is 0 Å². The maximum atomic E-state index is 11.9. The number of hydrogen-bond donors (Lipinski definition) is 2. The highest BCUT2D eigenvalue weighted by atomic mass is 35.5. The second-order valence-electron chi connectivity index (χ2n) is 9.66. The summed E-state index contributed by atoms with van der Waals surface area (Å²) in [4.78, 5) is 94.4. The number of rotatable bonds is 14. The molecule has 0 saturated carbocycles. The Bertz CT molecular complexity index is 1230. The Labute approximate surface area is 265 Å². The van der Waals surface area contributed by atoms with E-state index < -0.39 is 47.9 Å². The predicted octanol–water partition coefficient (Wildman–Crippen LogP) is -0.181. The number of unbranched alkanes of at least 4 members (excludes halogenated alkanes) is 1. The Morgan fingerprint density at radius 1 is 0.756 bits per heavy atom. The molecule has 0 aliphatic carbocycles. The second-order valence-corrected chi connectivity index (χ2v) is 10.1. The van der Waals surface area contributed by atoms with E-state index in [4.69, 9.17) is 31.5 Å². The quantitative estimate of drug-likeness (QED) is 0.0814. The van der Waals surface area contributed by atoms with Gasteiger partial charge < -0.3 is 39.8 Å². The van der Waals surface area contributed by atoms with Gasteiger partial charge in [0.15, 0.2) is 0 Å². The Balaban J connectivity index is 0.000000450. The summed E-state index contributed by atoms with van der Waals surface area (Å²) in [5.74, 6) is -3.62. The van der Waals surface area contributed by atoms with E-state index in [0.717, 1.165) is 0 Å². The van der Waals surface area contributed by atoms with Gasteiger partial charge >= 0.3 is 23.9 Å². The molecule has 0 radical (unpaired) electrons. The third-order valence-corrected chi connectivity index (χ3v) is 6.18. The van der Waals surface area contributed by atoms with Crippen molar-refractivity contribution in [2.45, 2.75) is 52.4 Å². The second kappa shape index (κ2) is 19.7. The zero-order chi connectivity index (χ0) is 34.1. The van der Waals surface area contributed by atoms with E-state index in [0.29, 0.717) is 18.5 Å². The minimum Gasteiger partial charge on any atom is -0.466 e. The van der Waals surface area contributed by atoms with Crippen molar-refractivity contribution in [1.82, 2.24) is 15.1 Å². The molecule has 2 heterocycles. The van der Waals surface area contributed by atoms with Gasteiger partial charge in [-0.1, -0.05) is 0 Å². The van der Waals surface area contributed by atoms with Crippen molar-refractivity contribution in [3.8, 4) is 0 Å². The van der Waals surface area contributed by atoms with Crippen LogP contribution >= 0.6 is 11.6 Å². The number of halogens is 1. The summed E-state index contributed by atoms with van der Waals surface area (Å²) < 4.78 is 19.4. The fraction of sp³-hybridized carbons (Fsp3) is 0.571. The molecule has 0 aromatic rings. The molecule has 3 amide bonds. The highest BCUT2D eigenvalue weighted by Gasteiger charge is 2.29. The molecule has 0 aromatic carbocycles. The van der Waals surface area contributed by atoms with Gasteiger partial charge in [-0.2, -0.15) is 0 Å². The summed E-state index contributed by atoms with van der Waals surface area (Å²) >= 11 is 5.04. The van der Waals surface area contributed by atoms with Crippen molar-refractivity contribution in [2.75, 3.05) is 53.6 Å². The number of carbonyl (C=O) groups excluding carboxylic acids is 8. The lowest BCUT2D eigenvalue weighted by Crippen LogP contribution is -2.41. The van der Waals surface area contributed by atoms with Crippen LogP contribution in [-0.2, 0) is 57.3 Å². The summed E-state index contributed by atoms with van der Waals surface area (Å²) in [6, 6.07) is 0. The Hall–Kier alpha value is -4.47. The van der Waals surface area contributed by atoms with Gasteiger partial charge in [-0.05, 0) is 38.3 Å². The standard InChI is InChI=1S/C14H19ClN2O6.C14H20N2O6/c1-17-8-10(16)9(6-12(17)19)14(21)23-5-3-2-4-22-13(20)7-11(15)18;1-4-21-13(19)7-11(17)15-10-8-16(3)12(18)6-9(10)14(20)22-5-2/h2-8,16H2,1H3;4-8H2,1-3H3,(H,15,17). The molecular weight excluding hydrogens is 620 g/mol. The molecule has 2 aliphatic rings. The van der Waals surface area contributed by atoms with E-state index in [9.17, 15) is 38.4 Å². The Morgan fingerprint density at radius 3 is 1.84 bits per heavy atom. The maximum absolute atomic E-state index is 11.9. The number of amides is 3. The van der Waals surface area contributed by atoms with Crippen molar-refractivity contribution >= 4 is 58.4 Å². The van der Waals surface area contributed by atoms with Gasteiger partial charge in [-0.3, -0.25) is 28.8 Å². The first-order valence-electron chi connectivity index (χ1n) is 14.0. The number of nitrogens with one attached hydrogen (secondary N) is 1. The summed E-state index contributed by atoms with van der Waals surface area (Å²) in [7, 11) is 3.16. The zero-order valence-electron chi connectivity index (χ0n) is 25.7. The molecule has 2 aliphatic heterocycles. The van der Waals surface area contributed by atoms with Gasteiger partial charge in [0.25, 0.3) is 0 Å². The third kappa shape index (κ3) is 14.2. The first-order chi connectivity index (χ1) is 21.2. The number of ether oxygens (including phenoxy) is 4. The van der Waals surface area contributed by atoms with E-state index in [1.54, 1.807) is 27.9 Å². The average molecular weight is 659 g/mol. The summed E-state index contributed by atoms with van der Waals surface area (Å²) in [6.45, 7) is 4.13. The van der Waals surface area contributed by atoms with Crippen molar-refractivity contribution < 1.29 is 57.3 Å². The Kier molecular flexibility index (Phi) is 16.9. The van der Waals surface area contributed by atoms with Crippen molar-refractivity contribution in [1.29, 1.82) is 0 Å². The third-order valence-electron chi connectivity index (χ3n) is 6.05. The van der Waals surface area contributed by atoms with Crippen LogP contribution in [0.15, 0.2) is 22.5 Å². The molecule has 45 heavy (non-hydrogen) atoms. The predicted molar refractivity (Wildman–Crippen MR) is 155 cm³/mol. The smallest absolute Gasteiger partial charge is 0.336 e. The fourth-order valence-corrected chi connectivity index (χ4v) is 3.86. The first kappa shape index (κ1) is 38.6. The highest BCUT2D eigenvalue weighted by Crippen LogP contribution is 2.18. The van der Waals surface area contributed by atoms with Crippen LogP contribution in [0.4, 0.5) is 0 Å². The number of hydrogen-bond acceptors (Lipinski definition) is 13. The largest absolute Gasteiger partial charge is 0.466 e. The lowest BCUT2D eigenvalue weighted by Gasteiger charge is -2.27. The molecule has 0 bridgehead atoms. The lowest BCUT2D eigenvalue weighted by atomic mass is 10.0. The van der Waals surface area contributed by atoms with Crippen LogP contribution in [0.2, 0.25) is 0 Å². The van der Waals surface area contributed by atoms with E-state index in [1.807, 2.05) is 0 Å². The molecule has 0 atom stereocenters. The summed E-state index contributed by atoms with van der Waals surface area (Å²) in [5.41, 5.74) is 6.66. The molecule has 2 rings (SSSR count). The SMILES string of the molecule is CCOC(=O)CC(=O)NC1=C(C(=O)OCC)CC(=O)N(C)C1.CN1CC(N)=C(C(=O)OCCCCOC(=O)CC(=O)Cl)CC1=O. The molecule has 0 fully saturated rings. The van der Waals surface area contributed by atoms with Crippen molar-refractivity contribution in [2.24, 2.45) is 5.73 Å². The van der Waals surface area contributed by atoms with Crippen LogP contribution in [0, 0.1) is 0 Å². The molecule has 250 valence electrons. The van der Waals surface area contributed by atoms with Gasteiger partial charge in [0, 0.05) is 25.5 Å². The van der Waals surface area contributed by atoms with Crippen molar-refractivity contribution in [3.05, 3.63) is 22.5 Å². The molecule has 0 saturated heterocycles.